The fourth-order valence-electron chi connectivity index (χ4n) is 4.21. The molecule has 0 aromatic carbocycles. The van der Waals surface area contributed by atoms with Gasteiger partial charge in [0.25, 0.3) is 0 Å². The van der Waals surface area contributed by atoms with Gasteiger partial charge in [0.2, 0.25) is 0 Å². The van der Waals surface area contributed by atoms with Gasteiger partial charge < -0.3 is 4.84 Å². The molecule has 0 aromatic rings. The smallest absolute Gasteiger partial charge is 0.145 e. The minimum absolute atomic E-state index is 0.144. The van der Waals surface area contributed by atoms with Gasteiger partial charge in [0.15, 0.2) is 0 Å². The highest BCUT2D eigenvalue weighted by Gasteiger charge is 2.41. The summed E-state index contributed by atoms with van der Waals surface area (Å²) in [5, 5.41) is 4.43. The molecule has 0 bridgehead atoms. The number of hydrogen-bond acceptors (Lipinski definition) is 2. The average Bonchev–Trinajstić information content (AvgIpc) is 2.54. The van der Waals surface area contributed by atoms with Crippen LogP contribution >= 0.6 is 0 Å². The Balaban J connectivity index is 2.74. The quantitative estimate of drug-likeness (QED) is 0.284. The molecule has 1 saturated carbocycles. The molecular weight excluding hydrogens is 310 g/mol. The van der Waals surface area contributed by atoms with Crippen molar-refractivity contribution in [2.75, 3.05) is 0 Å². The standard InChI is InChI=1S/C21H39NOSi/c1-8-21(23-22-20-13-10-9-11-14-20)15-12-16-24(17(2)3,18(4)5)19(6)7/h17-19,21H,8-11,13-15H2,1-7H3. The molecule has 1 unspecified atom stereocenters. The molecule has 2 nitrogen and oxygen atoms in total. The lowest BCUT2D eigenvalue weighted by Crippen LogP contribution is -2.43. The van der Waals surface area contributed by atoms with Crippen LogP contribution in [0.25, 0.3) is 0 Å². The summed E-state index contributed by atoms with van der Waals surface area (Å²) in [5.74, 6) is 3.53. The lowest BCUT2D eigenvalue weighted by molar-refractivity contribution is 0.0588. The zero-order valence-corrected chi connectivity index (χ0v) is 18.1. The zero-order chi connectivity index (χ0) is 18.2. The van der Waals surface area contributed by atoms with Gasteiger partial charge in [-0.3, -0.25) is 0 Å². The predicted molar refractivity (Wildman–Crippen MR) is 109 cm³/mol. The van der Waals surface area contributed by atoms with E-state index in [4.69, 9.17) is 4.84 Å². The van der Waals surface area contributed by atoms with Crippen LogP contribution in [0.2, 0.25) is 16.6 Å². The second-order valence-electron chi connectivity index (χ2n) is 8.26. The van der Waals surface area contributed by atoms with Crippen LogP contribution in [-0.2, 0) is 4.84 Å². The molecule has 1 rings (SSSR count). The molecule has 0 aromatic heterocycles. The van der Waals surface area contributed by atoms with Gasteiger partial charge in [0, 0.05) is 6.42 Å². The molecular formula is C21H39NOSi. The summed E-state index contributed by atoms with van der Waals surface area (Å²) in [6.45, 7) is 16.4. The highest BCUT2D eigenvalue weighted by molar-refractivity contribution is 6.90. The molecule has 0 amide bonds. The minimum atomic E-state index is -1.61. The van der Waals surface area contributed by atoms with Crippen molar-refractivity contribution in [3.63, 3.8) is 0 Å². The fraction of sp³-hybridized carbons (Fsp3) is 0.857. The molecule has 1 fully saturated rings. The molecule has 1 atom stereocenters. The van der Waals surface area contributed by atoms with Gasteiger partial charge in [0.1, 0.15) is 14.2 Å². The van der Waals surface area contributed by atoms with Crippen LogP contribution in [0.1, 0.15) is 93.4 Å². The molecule has 0 N–H and O–H groups in total. The van der Waals surface area contributed by atoms with Crippen LogP contribution in [0.4, 0.5) is 0 Å². The monoisotopic (exact) mass is 349 g/mol. The van der Waals surface area contributed by atoms with Crippen LogP contribution < -0.4 is 0 Å². The Morgan fingerprint density at radius 3 is 1.96 bits per heavy atom. The van der Waals surface area contributed by atoms with E-state index in [1.54, 1.807) is 0 Å². The van der Waals surface area contributed by atoms with E-state index < -0.39 is 8.07 Å². The van der Waals surface area contributed by atoms with Crippen molar-refractivity contribution in [3.8, 4) is 11.5 Å². The second-order valence-corrected chi connectivity index (χ2v) is 13.8. The predicted octanol–water partition coefficient (Wildman–Crippen LogP) is 6.71. The van der Waals surface area contributed by atoms with Gasteiger partial charge in [-0.15, -0.1) is 11.5 Å². The van der Waals surface area contributed by atoms with E-state index in [1.807, 2.05) is 0 Å². The molecule has 0 spiro atoms. The molecule has 138 valence electrons. The van der Waals surface area contributed by atoms with E-state index in [-0.39, 0.29) is 6.10 Å². The van der Waals surface area contributed by atoms with E-state index in [0.717, 1.165) is 25.7 Å². The van der Waals surface area contributed by atoms with E-state index in [2.05, 4.69) is 65.1 Å². The minimum Gasteiger partial charge on any atom is -0.392 e. The summed E-state index contributed by atoms with van der Waals surface area (Å²) >= 11 is 0. The summed E-state index contributed by atoms with van der Waals surface area (Å²) in [5.41, 5.74) is 7.11. The topological polar surface area (TPSA) is 21.6 Å². The Kier molecular flexibility index (Phi) is 9.12. The first-order valence-corrected chi connectivity index (χ1v) is 12.3. The number of hydrogen-bond donors (Lipinski definition) is 0. The molecule has 1 aliphatic carbocycles. The van der Waals surface area contributed by atoms with Crippen LogP contribution in [0.15, 0.2) is 5.16 Å². The Labute approximate surface area is 151 Å². The van der Waals surface area contributed by atoms with Crippen LogP contribution in [-0.4, -0.2) is 19.9 Å². The first kappa shape index (κ1) is 21.3. The summed E-state index contributed by atoms with van der Waals surface area (Å²) < 4.78 is 0. The summed E-state index contributed by atoms with van der Waals surface area (Å²) in [6.07, 6.45) is 8.05. The SMILES string of the molecule is CCC(CC#C[Si](C(C)C)(C(C)C)C(C)C)ON=C1CCCCC1. The van der Waals surface area contributed by atoms with Gasteiger partial charge in [0.05, 0.1) is 5.71 Å². The summed E-state index contributed by atoms with van der Waals surface area (Å²) in [7, 11) is -1.61. The van der Waals surface area contributed by atoms with Crippen LogP contribution in [0.3, 0.4) is 0 Å². The largest absolute Gasteiger partial charge is 0.392 e. The van der Waals surface area contributed by atoms with Gasteiger partial charge in [-0.2, -0.15) is 0 Å². The normalized spacial score (nSPS) is 17.0. The number of nitrogens with zero attached hydrogens (tertiary/aromatic N) is 1. The Morgan fingerprint density at radius 2 is 1.50 bits per heavy atom. The van der Waals surface area contributed by atoms with E-state index >= 15 is 0 Å². The van der Waals surface area contributed by atoms with Gasteiger partial charge in [-0.1, -0.05) is 60.0 Å². The number of rotatable bonds is 7. The highest BCUT2D eigenvalue weighted by atomic mass is 28.3. The Morgan fingerprint density at radius 1 is 0.958 bits per heavy atom. The second kappa shape index (κ2) is 10.3. The van der Waals surface area contributed by atoms with Crippen LogP contribution in [0, 0.1) is 11.5 Å². The fourth-order valence-corrected chi connectivity index (χ4v) is 9.48. The zero-order valence-electron chi connectivity index (χ0n) is 17.1. The molecule has 3 heteroatoms. The molecule has 0 aliphatic heterocycles. The highest BCUT2D eigenvalue weighted by Crippen LogP contribution is 2.40. The molecule has 1 aliphatic rings. The van der Waals surface area contributed by atoms with Crippen molar-refractivity contribution in [3.05, 3.63) is 0 Å². The van der Waals surface area contributed by atoms with Crippen molar-refractivity contribution < 1.29 is 4.84 Å². The van der Waals surface area contributed by atoms with Gasteiger partial charge in [-0.25, -0.2) is 0 Å². The third-order valence-electron chi connectivity index (χ3n) is 5.72. The molecule has 0 heterocycles. The van der Waals surface area contributed by atoms with E-state index in [0.29, 0.717) is 16.6 Å². The van der Waals surface area contributed by atoms with Crippen molar-refractivity contribution in [1.82, 2.24) is 0 Å². The van der Waals surface area contributed by atoms with Crippen molar-refractivity contribution >= 4 is 13.8 Å². The molecule has 0 saturated heterocycles. The maximum Gasteiger partial charge on any atom is 0.145 e. The average molecular weight is 350 g/mol. The lowest BCUT2D eigenvalue weighted by atomic mass is 9.99. The van der Waals surface area contributed by atoms with E-state index in [1.165, 1.54) is 25.0 Å². The van der Waals surface area contributed by atoms with Gasteiger partial charge in [-0.05, 0) is 48.7 Å². The van der Waals surface area contributed by atoms with Crippen molar-refractivity contribution in [2.45, 2.75) is 116 Å². The van der Waals surface area contributed by atoms with Crippen molar-refractivity contribution in [1.29, 1.82) is 0 Å². The van der Waals surface area contributed by atoms with Gasteiger partial charge >= 0.3 is 0 Å². The Hall–Kier alpha value is -0.753. The third-order valence-corrected chi connectivity index (χ3v) is 12.1. The Bertz CT molecular complexity index is 426. The first-order chi connectivity index (χ1) is 11.3. The van der Waals surface area contributed by atoms with Crippen molar-refractivity contribution in [2.24, 2.45) is 5.16 Å². The number of oxime groups is 1. The summed E-state index contributed by atoms with van der Waals surface area (Å²) in [4.78, 5) is 5.83. The first-order valence-electron chi connectivity index (χ1n) is 10.1. The summed E-state index contributed by atoms with van der Waals surface area (Å²) in [6, 6.07) is 0. The molecule has 24 heavy (non-hydrogen) atoms. The third kappa shape index (κ3) is 5.65. The maximum absolute atomic E-state index is 5.83. The lowest BCUT2D eigenvalue weighted by Gasteiger charge is -2.38. The van der Waals surface area contributed by atoms with Crippen LogP contribution in [0.5, 0.6) is 0 Å². The molecule has 0 radical (unpaired) electrons. The van der Waals surface area contributed by atoms with E-state index in [9.17, 15) is 0 Å². The maximum atomic E-state index is 5.83.